The van der Waals surface area contributed by atoms with E-state index in [1.165, 1.54) is 12.1 Å². The van der Waals surface area contributed by atoms with Gasteiger partial charge in [0.05, 0.1) is 10.6 Å². The summed E-state index contributed by atoms with van der Waals surface area (Å²) in [5, 5.41) is 22.7. The van der Waals surface area contributed by atoms with E-state index in [-0.39, 0.29) is 28.9 Å². The third-order valence-electron chi connectivity index (χ3n) is 2.74. The van der Waals surface area contributed by atoms with Crippen LogP contribution in [-0.4, -0.2) is 22.5 Å². The molecule has 0 bridgehead atoms. The zero-order valence-electron chi connectivity index (χ0n) is 10.6. The van der Waals surface area contributed by atoms with Crippen molar-refractivity contribution in [2.75, 3.05) is 11.9 Å². The molecule has 0 aromatic heterocycles. The molecule has 0 fully saturated rings. The van der Waals surface area contributed by atoms with Gasteiger partial charge in [-0.1, -0.05) is 6.92 Å². The van der Waals surface area contributed by atoms with Gasteiger partial charge in [-0.05, 0) is 25.5 Å². The number of carbonyl (C=O) groups is 1. The van der Waals surface area contributed by atoms with Crippen LogP contribution in [0.5, 0.6) is 5.75 Å². The van der Waals surface area contributed by atoms with Crippen molar-refractivity contribution in [3.8, 4) is 5.75 Å². The number of phenols is 1. The molecule has 0 aliphatic rings. The second-order valence-electron chi connectivity index (χ2n) is 4.28. The third-order valence-corrected chi connectivity index (χ3v) is 2.74. The van der Waals surface area contributed by atoms with E-state index >= 15 is 0 Å². The molecule has 7 nitrogen and oxygen atoms in total. The van der Waals surface area contributed by atoms with E-state index in [0.717, 1.165) is 12.5 Å². The predicted octanol–water partition coefficient (Wildman–Crippen LogP) is 1.61. The Kier molecular flexibility index (Phi) is 5.25. The number of nitrogens with zero attached hydrogens (tertiary/aromatic N) is 1. The molecule has 1 rings (SSSR count). The van der Waals surface area contributed by atoms with Gasteiger partial charge in [0.2, 0.25) is 5.91 Å². The molecule has 7 heteroatoms. The summed E-state index contributed by atoms with van der Waals surface area (Å²) in [5.41, 5.74) is 5.21. The molecule has 104 valence electrons. The average Bonchev–Trinajstić information content (AvgIpc) is 2.38. The van der Waals surface area contributed by atoms with Crippen LogP contribution in [0.3, 0.4) is 0 Å². The van der Waals surface area contributed by atoms with Gasteiger partial charge in [0.25, 0.3) is 5.69 Å². The molecule has 0 heterocycles. The van der Waals surface area contributed by atoms with Crippen molar-refractivity contribution in [1.82, 2.24) is 0 Å². The summed E-state index contributed by atoms with van der Waals surface area (Å²) < 4.78 is 0. The fraction of sp³-hybridized carbons (Fsp3) is 0.417. The van der Waals surface area contributed by atoms with Crippen LogP contribution in [0, 0.1) is 16.0 Å². The van der Waals surface area contributed by atoms with E-state index in [2.05, 4.69) is 5.32 Å². The van der Waals surface area contributed by atoms with Gasteiger partial charge in [0, 0.05) is 18.1 Å². The number of phenolic OH excluding ortho intramolecular Hbond substituents is 1. The van der Waals surface area contributed by atoms with Crippen LogP contribution < -0.4 is 11.1 Å². The minimum Gasteiger partial charge on any atom is -0.506 e. The van der Waals surface area contributed by atoms with Crippen molar-refractivity contribution >= 4 is 17.3 Å². The maximum atomic E-state index is 11.8. The molecule has 1 aromatic carbocycles. The maximum Gasteiger partial charge on any atom is 0.271 e. The van der Waals surface area contributed by atoms with E-state index in [4.69, 9.17) is 5.73 Å². The highest BCUT2D eigenvalue weighted by molar-refractivity contribution is 5.94. The average molecular weight is 267 g/mol. The number of aromatic hydroxyl groups is 1. The van der Waals surface area contributed by atoms with Gasteiger partial charge < -0.3 is 16.2 Å². The molecule has 0 saturated heterocycles. The largest absolute Gasteiger partial charge is 0.506 e. The lowest BCUT2D eigenvalue weighted by molar-refractivity contribution is -0.384. The van der Waals surface area contributed by atoms with Gasteiger partial charge in [-0.15, -0.1) is 0 Å². The minimum atomic E-state index is -0.590. The Morgan fingerprint density at radius 3 is 2.84 bits per heavy atom. The zero-order chi connectivity index (χ0) is 14.4. The van der Waals surface area contributed by atoms with Gasteiger partial charge in [0.15, 0.2) is 0 Å². The number of benzene rings is 1. The van der Waals surface area contributed by atoms with Crippen LogP contribution in [0.25, 0.3) is 0 Å². The molecule has 0 saturated carbocycles. The van der Waals surface area contributed by atoms with E-state index in [1.807, 2.05) is 0 Å². The first-order valence-electron chi connectivity index (χ1n) is 5.94. The number of hydrogen-bond acceptors (Lipinski definition) is 5. The number of nitro benzene ring substituents is 1. The molecule has 19 heavy (non-hydrogen) atoms. The molecule has 0 aliphatic carbocycles. The molecule has 0 radical (unpaired) electrons. The Morgan fingerprint density at radius 2 is 2.26 bits per heavy atom. The van der Waals surface area contributed by atoms with E-state index in [1.54, 1.807) is 6.92 Å². The summed E-state index contributed by atoms with van der Waals surface area (Å²) in [6, 6.07) is 3.48. The Bertz CT molecular complexity index is 476. The molecular formula is C12H17N3O4. The Hall–Kier alpha value is -2.15. The second-order valence-corrected chi connectivity index (χ2v) is 4.28. The Balaban J connectivity index is 2.78. The molecule has 0 spiro atoms. The van der Waals surface area contributed by atoms with Gasteiger partial charge in [0.1, 0.15) is 5.75 Å². The number of nitrogens with one attached hydrogen (secondary N) is 1. The topological polar surface area (TPSA) is 118 Å². The van der Waals surface area contributed by atoms with Crippen LogP contribution in [0.15, 0.2) is 18.2 Å². The number of carbonyl (C=O) groups excluding carboxylic acids is 1. The number of nitro groups is 1. The van der Waals surface area contributed by atoms with Crippen LogP contribution >= 0.6 is 0 Å². The van der Waals surface area contributed by atoms with Crippen LogP contribution in [0.4, 0.5) is 11.4 Å². The van der Waals surface area contributed by atoms with Crippen molar-refractivity contribution in [3.05, 3.63) is 28.3 Å². The number of nitrogens with two attached hydrogens (primary N) is 1. The van der Waals surface area contributed by atoms with Gasteiger partial charge in [-0.2, -0.15) is 0 Å². The van der Waals surface area contributed by atoms with Gasteiger partial charge in [-0.25, -0.2) is 0 Å². The summed E-state index contributed by atoms with van der Waals surface area (Å²) in [7, 11) is 0. The van der Waals surface area contributed by atoms with Crippen LogP contribution in [0.2, 0.25) is 0 Å². The van der Waals surface area contributed by atoms with Crippen molar-refractivity contribution in [1.29, 1.82) is 0 Å². The predicted molar refractivity (Wildman–Crippen MR) is 70.8 cm³/mol. The van der Waals surface area contributed by atoms with Crippen molar-refractivity contribution < 1.29 is 14.8 Å². The molecular weight excluding hydrogens is 250 g/mol. The summed E-state index contributed by atoms with van der Waals surface area (Å²) >= 11 is 0. The fourth-order valence-electron chi connectivity index (χ4n) is 1.55. The van der Waals surface area contributed by atoms with E-state index < -0.39 is 4.92 Å². The summed E-state index contributed by atoms with van der Waals surface area (Å²) in [6.07, 6.45) is 1.34. The first-order valence-corrected chi connectivity index (χ1v) is 5.94. The normalized spacial score (nSPS) is 11.9. The highest BCUT2D eigenvalue weighted by Gasteiger charge is 2.16. The quantitative estimate of drug-likeness (QED) is 0.411. The lowest BCUT2D eigenvalue weighted by Gasteiger charge is -2.12. The van der Waals surface area contributed by atoms with E-state index in [0.29, 0.717) is 13.0 Å². The van der Waals surface area contributed by atoms with Crippen LogP contribution in [0.1, 0.15) is 19.8 Å². The lowest BCUT2D eigenvalue weighted by atomic mass is 10.0. The van der Waals surface area contributed by atoms with Crippen LogP contribution in [-0.2, 0) is 4.79 Å². The number of non-ortho nitro benzene ring substituents is 1. The van der Waals surface area contributed by atoms with Gasteiger partial charge in [-0.3, -0.25) is 14.9 Å². The molecule has 1 atom stereocenters. The lowest BCUT2D eigenvalue weighted by Crippen LogP contribution is -2.21. The number of anilines is 1. The monoisotopic (exact) mass is 267 g/mol. The fourth-order valence-corrected chi connectivity index (χ4v) is 1.55. The smallest absolute Gasteiger partial charge is 0.271 e. The SMILES string of the molecule is CC(CCCN)C(=O)Nc1cc([N+](=O)[O-])ccc1O. The summed E-state index contributed by atoms with van der Waals surface area (Å²) in [5.74, 6) is -0.781. The van der Waals surface area contributed by atoms with Crippen molar-refractivity contribution in [2.24, 2.45) is 11.7 Å². The van der Waals surface area contributed by atoms with Gasteiger partial charge >= 0.3 is 0 Å². The minimum absolute atomic E-state index is 0.0406. The molecule has 1 amide bonds. The summed E-state index contributed by atoms with van der Waals surface area (Å²) in [4.78, 5) is 21.9. The Morgan fingerprint density at radius 1 is 1.58 bits per heavy atom. The maximum absolute atomic E-state index is 11.8. The number of amides is 1. The molecule has 0 aliphatic heterocycles. The molecule has 1 aromatic rings. The Labute approximate surface area is 110 Å². The standard InChI is InChI=1S/C12H17N3O4/c1-8(3-2-6-13)12(17)14-10-7-9(15(18)19)4-5-11(10)16/h4-5,7-8,16H,2-3,6,13H2,1H3,(H,14,17). The zero-order valence-corrected chi connectivity index (χ0v) is 10.6. The highest BCUT2D eigenvalue weighted by Crippen LogP contribution is 2.28. The van der Waals surface area contributed by atoms with E-state index in [9.17, 15) is 20.0 Å². The van der Waals surface area contributed by atoms with Crippen molar-refractivity contribution in [2.45, 2.75) is 19.8 Å². The first kappa shape index (κ1) is 14.9. The third kappa shape index (κ3) is 4.22. The number of rotatable bonds is 6. The molecule has 1 unspecified atom stereocenters. The number of hydrogen-bond donors (Lipinski definition) is 3. The summed E-state index contributed by atoms with van der Waals surface area (Å²) in [6.45, 7) is 2.24. The molecule has 4 N–H and O–H groups in total. The second kappa shape index (κ2) is 6.69. The van der Waals surface area contributed by atoms with Crippen molar-refractivity contribution in [3.63, 3.8) is 0 Å². The highest BCUT2D eigenvalue weighted by atomic mass is 16.6. The first-order chi connectivity index (χ1) is 8.95.